The maximum atomic E-state index is 12.8. The molecule has 0 spiro atoms. The molecule has 2 heterocycles. The molecule has 1 aliphatic heterocycles. The van der Waals surface area contributed by atoms with Crippen LogP contribution in [0.2, 0.25) is 0 Å². The zero-order valence-corrected chi connectivity index (χ0v) is 14.8. The number of carbonyl (C=O) groups excluding carboxylic acids is 1. The molecule has 1 aliphatic rings. The Bertz CT molecular complexity index is 818. The number of aromatic nitrogens is 3. The van der Waals surface area contributed by atoms with Gasteiger partial charge < -0.3 is 4.90 Å². The maximum Gasteiger partial charge on any atom is 0.254 e. The molecule has 9 heteroatoms. The molecule has 1 atom stereocenters. The van der Waals surface area contributed by atoms with Crippen LogP contribution in [-0.4, -0.2) is 59.4 Å². The van der Waals surface area contributed by atoms with Gasteiger partial charge in [-0.2, -0.15) is 5.10 Å². The van der Waals surface area contributed by atoms with E-state index in [1.165, 1.54) is 6.33 Å². The molecule has 2 aromatic rings. The van der Waals surface area contributed by atoms with Crippen LogP contribution < -0.4 is 4.72 Å². The van der Waals surface area contributed by atoms with Gasteiger partial charge in [-0.3, -0.25) is 4.79 Å². The van der Waals surface area contributed by atoms with E-state index in [1.54, 1.807) is 28.0 Å². The van der Waals surface area contributed by atoms with Crippen molar-refractivity contribution in [1.29, 1.82) is 0 Å². The minimum Gasteiger partial charge on any atom is -0.334 e. The third kappa shape index (κ3) is 4.43. The van der Waals surface area contributed by atoms with E-state index in [0.717, 1.165) is 31.2 Å². The Hall–Kier alpha value is -2.26. The normalized spacial score (nSPS) is 18.3. The summed E-state index contributed by atoms with van der Waals surface area (Å²) in [6, 6.07) is 7.03. The van der Waals surface area contributed by atoms with Crippen molar-refractivity contribution in [2.75, 3.05) is 19.3 Å². The highest BCUT2D eigenvalue weighted by molar-refractivity contribution is 7.88. The largest absolute Gasteiger partial charge is 0.334 e. The predicted molar refractivity (Wildman–Crippen MR) is 92.9 cm³/mol. The second-order valence-electron chi connectivity index (χ2n) is 6.16. The lowest BCUT2D eigenvalue weighted by Crippen LogP contribution is -2.49. The number of benzene rings is 1. The molecule has 8 nitrogen and oxygen atoms in total. The van der Waals surface area contributed by atoms with E-state index in [4.69, 9.17) is 0 Å². The molecule has 1 N–H and O–H groups in total. The van der Waals surface area contributed by atoms with Crippen LogP contribution >= 0.6 is 0 Å². The number of hydrogen-bond acceptors (Lipinski definition) is 5. The minimum absolute atomic E-state index is 0.0786. The Kier molecular flexibility index (Phi) is 5.14. The molecule has 0 bridgehead atoms. The van der Waals surface area contributed by atoms with Crippen molar-refractivity contribution in [1.82, 2.24) is 24.4 Å². The maximum absolute atomic E-state index is 12.8. The molecule has 1 amide bonds. The summed E-state index contributed by atoms with van der Waals surface area (Å²) in [4.78, 5) is 18.5. The SMILES string of the molecule is CS(=O)(=O)NCC1CCCCN1C(=O)c1ccc(-n2cncn2)cc1. The highest BCUT2D eigenvalue weighted by Crippen LogP contribution is 2.20. The number of carbonyl (C=O) groups is 1. The van der Waals surface area contributed by atoms with Crippen LogP contribution in [0.4, 0.5) is 0 Å². The van der Waals surface area contributed by atoms with Crippen LogP contribution in [-0.2, 0) is 10.0 Å². The number of amides is 1. The monoisotopic (exact) mass is 363 g/mol. The summed E-state index contributed by atoms with van der Waals surface area (Å²) in [5.74, 6) is -0.0786. The van der Waals surface area contributed by atoms with Crippen molar-refractivity contribution in [3.8, 4) is 5.69 Å². The molecule has 134 valence electrons. The van der Waals surface area contributed by atoms with Gasteiger partial charge in [-0.1, -0.05) is 0 Å². The van der Waals surface area contributed by atoms with Gasteiger partial charge in [-0.15, -0.1) is 0 Å². The predicted octanol–water partition coefficient (Wildman–Crippen LogP) is 0.811. The van der Waals surface area contributed by atoms with Gasteiger partial charge in [-0.05, 0) is 43.5 Å². The zero-order valence-electron chi connectivity index (χ0n) is 14.0. The zero-order chi connectivity index (χ0) is 17.9. The third-order valence-corrected chi connectivity index (χ3v) is 4.96. The number of piperidine rings is 1. The van der Waals surface area contributed by atoms with Crippen molar-refractivity contribution < 1.29 is 13.2 Å². The average molecular weight is 363 g/mol. The summed E-state index contributed by atoms with van der Waals surface area (Å²) in [6.07, 6.45) is 6.89. The van der Waals surface area contributed by atoms with E-state index in [2.05, 4.69) is 14.8 Å². The number of likely N-dealkylation sites (tertiary alicyclic amines) is 1. The van der Waals surface area contributed by atoms with Crippen molar-refractivity contribution >= 4 is 15.9 Å². The molecule has 0 aliphatic carbocycles. The van der Waals surface area contributed by atoms with Crippen LogP contribution in [0, 0.1) is 0 Å². The number of hydrogen-bond donors (Lipinski definition) is 1. The fourth-order valence-corrected chi connectivity index (χ4v) is 3.49. The lowest BCUT2D eigenvalue weighted by Gasteiger charge is -2.35. The second kappa shape index (κ2) is 7.32. The summed E-state index contributed by atoms with van der Waals surface area (Å²) < 4.78 is 26.8. The second-order valence-corrected chi connectivity index (χ2v) is 7.99. The van der Waals surface area contributed by atoms with Gasteiger partial charge in [0.2, 0.25) is 10.0 Å². The molecule has 1 aromatic heterocycles. The van der Waals surface area contributed by atoms with Gasteiger partial charge >= 0.3 is 0 Å². The van der Waals surface area contributed by atoms with Crippen molar-refractivity contribution in [2.24, 2.45) is 0 Å². The summed E-state index contributed by atoms with van der Waals surface area (Å²) >= 11 is 0. The number of nitrogens with zero attached hydrogens (tertiary/aromatic N) is 4. The van der Waals surface area contributed by atoms with Crippen molar-refractivity contribution in [2.45, 2.75) is 25.3 Å². The number of rotatable bonds is 5. The molecule has 1 saturated heterocycles. The summed E-state index contributed by atoms with van der Waals surface area (Å²) in [6.45, 7) is 0.890. The first-order chi connectivity index (χ1) is 11.9. The number of nitrogens with one attached hydrogen (secondary N) is 1. The van der Waals surface area contributed by atoms with E-state index < -0.39 is 10.0 Å². The van der Waals surface area contributed by atoms with Crippen LogP contribution in [0.3, 0.4) is 0 Å². The standard InChI is InChI=1S/C16H21N5O3S/c1-25(23,24)19-10-15-4-2-3-9-20(15)16(22)13-5-7-14(8-6-13)21-12-17-11-18-21/h5-8,11-12,15,19H,2-4,9-10H2,1H3. The molecular formula is C16H21N5O3S. The summed E-state index contributed by atoms with van der Waals surface area (Å²) in [5.41, 5.74) is 1.40. The van der Waals surface area contributed by atoms with E-state index in [0.29, 0.717) is 12.1 Å². The molecule has 1 aromatic carbocycles. The highest BCUT2D eigenvalue weighted by Gasteiger charge is 2.28. The Balaban J connectivity index is 1.73. The lowest BCUT2D eigenvalue weighted by molar-refractivity contribution is 0.0619. The Labute approximate surface area is 146 Å². The van der Waals surface area contributed by atoms with Crippen molar-refractivity contribution in [3.63, 3.8) is 0 Å². The minimum atomic E-state index is -3.27. The van der Waals surface area contributed by atoms with Gasteiger partial charge in [0.25, 0.3) is 5.91 Å². The summed E-state index contributed by atoms with van der Waals surface area (Å²) in [5, 5.41) is 4.06. The third-order valence-electron chi connectivity index (χ3n) is 4.27. The van der Waals surface area contributed by atoms with E-state index in [9.17, 15) is 13.2 Å². The average Bonchev–Trinajstić information content (AvgIpc) is 3.14. The molecule has 25 heavy (non-hydrogen) atoms. The van der Waals surface area contributed by atoms with Gasteiger partial charge in [0.05, 0.1) is 11.9 Å². The quantitative estimate of drug-likeness (QED) is 0.848. The van der Waals surface area contributed by atoms with E-state index in [1.807, 2.05) is 12.1 Å². The lowest BCUT2D eigenvalue weighted by atomic mass is 10.0. The fourth-order valence-electron chi connectivity index (χ4n) is 2.99. The highest BCUT2D eigenvalue weighted by atomic mass is 32.2. The molecular weight excluding hydrogens is 342 g/mol. The van der Waals surface area contributed by atoms with Gasteiger partial charge in [-0.25, -0.2) is 22.8 Å². The first-order valence-corrected chi connectivity index (χ1v) is 10.0. The smallest absolute Gasteiger partial charge is 0.254 e. The Morgan fingerprint density at radius 2 is 2.04 bits per heavy atom. The fraction of sp³-hybridized carbons (Fsp3) is 0.438. The Morgan fingerprint density at radius 1 is 1.28 bits per heavy atom. The van der Waals surface area contributed by atoms with E-state index in [-0.39, 0.29) is 18.5 Å². The first-order valence-electron chi connectivity index (χ1n) is 8.15. The van der Waals surface area contributed by atoms with Crippen LogP contribution in [0.15, 0.2) is 36.9 Å². The van der Waals surface area contributed by atoms with E-state index >= 15 is 0 Å². The van der Waals surface area contributed by atoms with Crippen LogP contribution in [0.1, 0.15) is 29.6 Å². The topological polar surface area (TPSA) is 97.2 Å². The van der Waals surface area contributed by atoms with Gasteiger partial charge in [0, 0.05) is 24.7 Å². The molecule has 0 radical (unpaired) electrons. The van der Waals surface area contributed by atoms with Crippen molar-refractivity contribution in [3.05, 3.63) is 42.5 Å². The number of sulfonamides is 1. The Morgan fingerprint density at radius 3 is 2.68 bits per heavy atom. The van der Waals surface area contributed by atoms with Crippen LogP contribution in [0.5, 0.6) is 0 Å². The molecule has 3 rings (SSSR count). The van der Waals surface area contributed by atoms with Gasteiger partial charge in [0.1, 0.15) is 12.7 Å². The molecule has 0 saturated carbocycles. The first kappa shape index (κ1) is 17.6. The molecule has 1 unspecified atom stereocenters. The van der Waals surface area contributed by atoms with Gasteiger partial charge in [0.15, 0.2) is 0 Å². The molecule has 1 fully saturated rings. The summed E-state index contributed by atoms with van der Waals surface area (Å²) in [7, 11) is -3.27. The van der Waals surface area contributed by atoms with Crippen LogP contribution in [0.25, 0.3) is 5.69 Å².